The van der Waals surface area contributed by atoms with Crippen molar-refractivity contribution in [3.63, 3.8) is 0 Å². The molecule has 0 spiro atoms. The summed E-state index contributed by atoms with van der Waals surface area (Å²) in [4.78, 5) is 27.8. The van der Waals surface area contributed by atoms with Crippen LogP contribution in [0.1, 0.15) is 41.3 Å². The Morgan fingerprint density at radius 2 is 1.89 bits per heavy atom. The van der Waals surface area contributed by atoms with Gasteiger partial charge in [-0.1, -0.05) is 6.92 Å². The molecule has 3 heterocycles. The Balaban J connectivity index is 1.60. The molecule has 0 radical (unpaired) electrons. The van der Waals surface area contributed by atoms with Gasteiger partial charge in [0.15, 0.2) is 5.82 Å². The summed E-state index contributed by atoms with van der Waals surface area (Å²) in [5.41, 5.74) is 0.121. The van der Waals surface area contributed by atoms with Crippen LogP contribution >= 0.6 is 0 Å². The van der Waals surface area contributed by atoms with Gasteiger partial charge in [0.2, 0.25) is 0 Å². The van der Waals surface area contributed by atoms with E-state index >= 15 is 0 Å². The Morgan fingerprint density at radius 3 is 2.54 bits per heavy atom. The molecule has 1 aliphatic rings. The molecule has 1 aliphatic heterocycles. The summed E-state index contributed by atoms with van der Waals surface area (Å²) in [5, 5.41) is 3.07. The number of rotatable bonds is 5. The number of halogens is 4. The number of carbonyl (C=O) groups excluding carboxylic acids is 1. The summed E-state index contributed by atoms with van der Waals surface area (Å²) in [5.74, 6) is -0.0368. The van der Waals surface area contributed by atoms with Crippen LogP contribution in [0.3, 0.4) is 0 Å². The molecule has 35 heavy (non-hydrogen) atoms. The SMILES string of the molecule is Cc1c(F)ccc(C(=O)N2CCC[C@@H](C)C2CNc2ccc(C(F)(F)F)cn2)c1-c1ncccn1. The fraction of sp³-hybridized carbons (Fsp3) is 0.360. The van der Waals surface area contributed by atoms with Crippen molar-refractivity contribution in [2.75, 3.05) is 18.4 Å². The zero-order chi connectivity index (χ0) is 25.2. The van der Waals surface area contributed by atoms with Gasteiger partial charge in [0.25, 0.3) is 5.91 Å². The van der Waals surface area contributed by atoms with Crippen molar-refractivity contribution >= 4 is 11.7 Å². The molecule has 1 saturated heterocycles. The zero-order valence-electron chi connectivity index (χ0n) is 19.3. The number of piperidine rings is 1. The molecule has 1 amide bonds. The molecule has 2 aromatic heterocycles. The van der Waals surface area contributed by atoms with Gasteiger partial charge in [-0.05, 0) is 61.6 Å². The Hall–Kier alpha value is -3.56. The highest BCUT2D eigenvalue weighted by atomic mass is 19.4. The fourth-order valence-electron chi connectivity index (χ4n) is 4.42. The van der Waals surface area contributed by atoms with Crippen LogP contribution in [0.2, 0.25) is 0 Å². The molecule has 1 fully saturated rings. The van der Waals surface area contributed by atoms with E-state index in [1.807, 2.05) is 6.92 Å². The average molecular weight is 488 g/mol. The van der Waals surface area contributed by atoms with E-state index in [0.717, 1.165) is 25.1 Å². The molecule has 0 aliphatic carbocycles. The summed E-state index contributed by atoms with van der Waals surface area (Å²) in [6, 6.07) is 6.37. The average Bonchev–Trinajstić information content (AvgIpc) is 2.84. The van der Waals surface area contributed by atoms with Crippen LogP contribution < -0.4 is 5.32 Å². The van der Waals surface area contributed by atoms with Gasteiger partial charge in [-0.15, -0.1) is 0 Å². The van der Waals surface area contributed by atoms with E-state index in [2.05, 4.69) is 20.3 Å². The van der Waals surface area contributed by atoms with Gasteiger partial charge < -0.3 is 10.2 Å². The van der Waals surface area contributed by atoms with Crippen molar-refractivity contribution < 1.29 is 22.4 Å². The minimum Gasteiger partial charge on any atom is -0.368 e. The summed E-state index contributed by atoms with van der Waals surface area (Å²) in [6.07, 6.45) is 1.09. The van der Waals surface area contributed by atoms with Crippen molar-refractivity contribution in [2.45, 2.75) is 38.9 Å². The van der Waals surface area contributed by atoms with Gasteiger partial charge in [0.1, 0.15) is 11.6 Å². The molecule has 2 atom stereocenters. The second-order valence-corrected chi connectivity index (χ2v) is 8.66. The lowest BCUT2D eigenvalue weighted by Crippen LogP contribution is -2.51. The number of likely N-dealkylation sites (tertiary alicyclic amines) is 1. The number of nitrogens with zero attached hydrogens (tertiary/aromatic N) is 4. The van der Waals surface area contributed by atoms with Gasteiger partial charge >= 0.3 is 6.18 Å². The molecular formula is C25H25F4N5O. The molecule has 0 saturated carbocycles. The number of benzene rings is 1. The van der Waals surface area contributed by atoms with Crippen LogP contribution in [0.15, 0.2) is 48.9 Å². The first kappa shape index (κ1) is 24.6. The first-order valence-corrected chi connectivity index (χ1v) is 11.3. The summed E-state index contributed by atoms with van der Waals surface area (Å²) < 4.78 is 52.9. The smallest absolute Gasteiger partial charge is 0.368 e. The molecule has 184 valence electrons. The van der Waals surface area contributed by atoms with Crippen LogP contribution in [0.4, 0.5) is 23.4 Å². The quantitative estimate of drug-likeness (QED) is 0.491. The third kappa shape index (κ3) is 5.26. The number of anilines is 1. The maximum absolute atomic E-state index is 14.4. The van der Waals surface area contributed by atoms with E-state index in [1.165, 1.54) is 30.6 Å². The minimum absolute atomic E-state index is 0.132. The lowest BCUT2D eigenvalue weighted by atomic mass is 9.89. The number of aromatic nitrogens is 3. The van der Waals surface area contributed by atoms with Crippen molar-refractivity contribution in [2.24, 2.45) is 5.92 Å². The Morgan fingerprint density at radius 1 is 1.14 bits per heavy atom. The van der Waals surface area contributed by atoms with Gasteiger partial charge in [0.05, 0.1) is 17.2 Å². The normalized spacial score (nSPS) is 18.4. The first-order valence-electron chi connectivity index (χ1n) is 11.3. The van der Waals surface area contributed by atoms with Gasteiger partial charge in [-0.25, -0.2) is 19.3 Å². The van der Waals surface area contributed by atoms with Gasteiger partial charge in [-0.3, -0.25) is 4.79 Å². The number of hydrogen-bond acceptors (Lipinski definition) is 5. The lowest BCUT2D eigenvalue weighted by molar-refractivity contribution is -0.137. The number of hydrogen-bond donors (Lipinski definition) is 1. The van der Waals surface area contributed by atoms with Gasteiger partial charge in [-0.2, -0.15) is 13.2 Å². The van der Waals surface area contributed by atoms with E-state index in [1.54, 1.807) is 17.9 Å². The Kier molecular flexibility index (Phi) is 7.00. The van der Waals surface area contributed by atoms with Crippen LogP contribution in [-0.2, 0) is 6.18 Å². The first-order chi connectivity index (χ1) is 16.7. The highest BCUT2D eigenvalue weighted by Crippen LogP contribution is 2.32. The van der Waals surface area contributed by atoms with Crippen LogP contribution in [0, 0.1) is 18.7 Å². The maximum Gasteiger partial charge on any atom is 0.417 e. The fourth-order valence-corrected chi connectivity index (χ4v) is 4.42. The second kappa shape index (κ2) is 9.97. The van der Waals surface area contributed by atoms with Crippen LogP contribution in [0.25, 0.3) is 11.4 Å². The molecule has 1 aromatic carbocycles. The minimum atomic E-state index is -4.46. The monoisotopic (exact) mass is 487 g/mol. The highest BCUT2D eigenvalue weighted by molar-refractivity contribution is 6.01. The van der Waals surface area contributed by atoms with E-state index in [-0.39, 0.29) is 29.3 Å². The molecule has 1 unspecified atom stereocenters. The molecule has 3 aromatic rings. The second-order valence-electron chi connectivity index (χ2n) is 8.66. The molecule has 0 bridgehead atoms. The molecule has 10 heteroatoms. The van der Waals surface area contributed by atoms with Crippen molar-refractivity contribution in [3.05, 3.63) is 71.4 Å². The van der Waals surface area contributed by atoms with Crippen LogP contribution in [-0.4, -0.2) is 44.9 Å². The highest BCUT2D eigenvalue weighted by Gasteiger charge is 2.34. The molecule has 4 rings (SSSR count). The predicted molar refractivity (Wildman–Crippen MR) is 123 cm³/mol. The van der Waals surface area contributed by atoms with E-state index in [4.69, 9.17) is 0 Å². The van der Waals surface area contributed by atoms with Gasteiger partial charge in [0, 0.05) is 37.2 Å². The summed E-state index contributed by atoms with van der Waals surface area (Å²) in [6.45, 7) is 4.43. The van der Waals surface area contributed by atoms with E-state index in [0.29, 0.717) is 30.0 Å². The summed E-state index contributed by atoms with van der Waals surface area (Å²) in [7, 11) is 0. The Labute approximate surface area is 200 Å². The topological polar surface area (TPSA) is 71.0 Å². The van der Waals surface area contributed by atoms with Crippen LogP contribution in [0.5, 0.6) is 0 Å². The molecule has 1 N–H and O–H groups in total. The molecule has 6 nitrogen and oxygen atoms in total. The third-order valence-corrected chi connectivity index (χ3v) is 6.38. The van der Waals surface area contributed by atoms with Crippen molar-refractivity contribution in [1.82, 2.24) is 19.9 Å². The number of nitrogens with one attached hydrogen (secondary N) is 1. The maximum atomic E-state index is 14.4. The Bertz CT molecular complexity index is 1180. The number of alkyl halides is 3. The lowest BCUT2D eigenvalue weighted by Gasteiger charge is -2.40. The van der Waals surface area contributed by atoms with E-state index < -0.39 is 17.6 Å². The summed E-state index contributed by atoms with van der Waals surface area (Å²) >= 11 is 0. The number of amides is 1. The van der Waals surface area contributed by atoms with Crippen molar-refractivity contribution in [1.29, 1.82) is 0 Å². The number of carbonyl (C=O) groups is 1. The number of pyridine rings is 1. The van der Waals surface area contributed by atoms with Crippen molar-refractivity contribution in [3.8, 4) is 11.4 Å². The molecular weight excluding hydrogens is 462 g/mol. The third-order valence-electron chi connectivity index (χ3n) is 6.38. The largest absolute Gasteiger partial charge is 0.417 e. The van der Waals surface area contributed by atoms with E-state index in [9.17, 15) is 22.4 Å². The standard InChI is InChI=1S/C25H25F4N5O/c1-15-5-3-12-34(20(15)14-33-21-9-6-17(13-32-21)25(27,28)29)24(35)18-7-8-19(26)16(2)22(18)23-30-10-4-11-31-23/h4,6-11,13,15,20H,3,5,12,14H2,1-2H3,(H,32,33)/t15-,20?/m1/s1. The zero-order valence-corrected chi connectivity index (χ0v) is 19.3. The predicted octanol–water partition coefficient (Wildman–Crippen LogP) is 5.36.